The van der Waals surface area contributed by atoms with Gasteiger partial charge in [0, 0.05) is 32.9 Å². The number of nitrogens with zero attached hydrogens (tertiary/aromatic N) is 3. The van der Waals surface area contributed by atoms with E-state index < -0.39 is 10.0 Å². The molecule has 2 heterocycles. The maximum Gasteiger partial charge on any atom is 0.244 e. The first-order chi connectivity index (χ1) is 10.6. The molecule has 2 aliphatic rings. The van der Waals surface area contributed by atoms with Gasteiger partial charge in [-0.3, -0.25) is 0 Å². The molecule has 0 unspecified atom stereocenters. The average Bonchev–Trinajstić information content (AvgIpc) is 3.38. The molecule has 1 aliphatic heterocycles. The number of pyridine rings is 1. The summed E-state index contributed by atoms with van der Waals surface area (Å²) in [4.78, 5) is 6.78. The second-order valence-corrected chi connectivity index (χ2v) is 8.41. The zero-order chi connectivity index (χ0) is 15.6. The summed E-state index contributed by atoms with van der Waals surface area (Å²) >= 11 is 0. The number of piperidine rings is 1. The minimum Gasteiger partial charge on any atom is -0.360 e. The molecule has 0 spiro atoms. The van der Waals surface area contributed by atoms with Gasteiger partial charge in [-0.05, 0) is 37.3 Å². The highest BCUT2D eigenvalue weighted by molar-refractivity contribution is 7.89. The summed E-state index contributed by atoms with van der Waals surface area (Å²) in [6, 6.07) is 3.52. The average molecular weight is 323 g/mol. The van der Waals surface area contributed by atoms with Crippen molar-refractivity contribution in [3.8, 4) is 0 Å². The minimum absolute atomic E-state index is 0.314. The molecule has 1 aromatic rings. The van der Waals surface area contributed by atoms with Gasteiger partial charge in [-0.2, -0.15) is 4.31 Å². The molecule has 0 aromatic carbocycles. The van der Waals surface area contributed by atoms with Crippen LogP contribution in [0.5, 0.6) is 0 Å². The van der Waals surface area contributed by atoms with Gasteiger partial charge in [-0.1, -0.05) is 19.3 Å². The number of hydrogen-bond acceptors (Lipinski definition) is 4. The third-order valence-corrected chi connectivity index (χ3v) is 6.52. The molecule has 5 nitrogen and oxygen atoms in total. The Balaban J connectivity index is 1.66. The van der Waals surface area contributed by atoms with E-state index in [2.05, 4.69) is 9.88 Å². The Kier molecular flexibility index (Phi) is 4.68. The zero-order valence-electron chi connectivity index (χ0n) is 13.2. The topological polar surface area (TPSA) is 53.5 Å². The van der Waals surface area contributed by atoms with Crippen LogP contribution in [0.1, 0.15) is 38.5 Å². The summed E-state index contributed by atoms with van der Waals surface area (Å²) in [5.41, 5.74) is 0. The molecule has 2 fully saturated rings. The van der Waals surface area contributed by atoms with Crippen molar-refractivity contribution in [3.05, 3.63) is 18.3 Å². The van der Waals surface area contributed by atoms with Crippen molar-refractivity contribution in [1.29, 1.82) is 0 Å². The summed E-state index contributed by atoms with van der Waals surface area (Å²) < 4.78 is 26.7. The van der Waals surface area contributed by atoms with Crippen molar-refractivity contribution >= 4 is 15.8 Å². The second kappa shape index (κ2) is 6.54. The van der Waals surface area contributed by atoms with E-state index in [0.717, 1.165) is 37.5 Å². The van der Waals surface area contributed by atoms with Gasteiger partial charge in [0.1, 0.15) is 10.7 Å². The van der Waals surface area contributed by atoms with Gasteiger partial charge in [-0.15, -0.1) is 0 Å². The van der Waals surface area contributed by atoms with Gasteiger partial charge in [0.05, 0.1) is 0 Å². The third-order valence-electron chi connectivity index (χ3n) is 4.63. The Morgan fingerprint density at radius 2 is 1.95 bits per heavy atom. The lowest BCUT2D eigenvalue weighted by Crippen LogP contribution is -2.35. The van der Waals surface area contributed by atoms with Crippen LogP contribution in [0.25, 0.3) is 0 Å². The molecule has 0 radical (unpaired) electrons. The molecule has 122 valence electrons. The fraction of sp³-hybridized carbons (Fsp3) is 0.688. The van der Waals surface area contributed by atoms with Gasteiger partial charge < -0.3 is 4.90 Å². The molecule has 1 aromatic heterocycles. The molecule has 0 amide bonds. The van der Waals surface area contributed by atoms with Crippen molar-refractivity contribution in [3.63, 3.8) is 0 Å². The molecule has 1 saturated carbocycles. The fourth-order valence-corrected chi connectivity index (χ4v) is 4.37. The normalized spacial score (nSPS) is 20.0. The first-order valence-electron chi connectivity index (χ1n) is 8.25. The molecule has 1 saturated heterocycles. The van der Waals surface area contributed by atoms with Crippen molar-refractivity contribution in [2.45, 2.75) is 43.4 Å². The van der Waals surface area contributed by atoms with Crippen LogP contribution in [0, 0.1) is 5.92 Å². The molecule has 0 bridgehead atoms. The summed E-state index contributed by atoms with van der Waals surface area (Å²) in [6.07, 6.45) is 8.44. The van der Waals surface area contributed by atoms with Gasteiger partial charge in [0.25, 0.3) is 0 Å². The zero-order valence-corrected chi connectivity index (χ0v) is 14.1. The number of hydrogen-bond donors (Lipinski definition) is 0. The Labute approximate surface area is 133 Å². The van der Waals surface area contributed by atoms with Crippen molar-refractivity contribution in [2.24, 2.45) is 5.92 Å². The first kappa shape index (κ1) is 15.7. The smallest absolute Gasteiger partial charge is 0.244 e. The van der Waals surface area contributed by atoms with Gasteiger partial charge in [-0.25, -0.2) is 13.4 Å². The summed E-state index contributed by atoms with van der Waals surface area (Å²) in [5.74, 6) is 1.74. The molecule has 0 atom stereocenters. The Hall–Kier alpha value is -1.14. The molecular weight excluding hydrogens is 298 g/mol. The molecule has 22 heavy (non-hydrogen) atoms. The maximum atomic E-state index is 12.6. The van der Waals surface area contributed by atoms with E-state index in [1.165, 1.54) is 25.5 Å². The highest BCUT2D eigenvalue weighted by Crippen LogP contribution is 2.32. The Morgan fingerprint density at radius 1 is 1.23 bits per heavy atom. The van der Waals surface area contributed by atoms with Crippen LogP contribution in [-0.2, 0) is 10.0 Å². The van der Waals surface area contributed by atoms with E-state index in [0.29, 0.717) is 18.0 Å². The standard InChI is InChI=1S/C16H25N3O2S/c1-18(12-9-14-5-6-14)16-8-7-15(13-17-16)22(20,21)19-10-3-2-4-11-19/h7-8,13-14H,2-6,9-12H2,1H3. The van der Waals surface area contributed by atoms with Gasteiger partial charge in [0.15, 0.2) is 0 Å². The lowest BCUT2D eigenvalue weighted by molar-refractivity contribution is 0.346. The molecular formula is C16H25N3O2S. The molecule has 0 N–H and O–H groups in total. The van der Waals surface area contributed by atoms with E-state index in [-0.39, 0.29) is 0 Å². The van der Waals surface area contributed by atoms with E-state index in [1.807, 2.05) is 13.1 Å². The highest BCUT2D eigenvalue weighted by atomic mass is 32.2. The van der Waals surface area contributed by atoms with Crippen LogP contribution in [0.2, 0.25) is 0 Å². The van der Waals surface area contributed by atoms with Gasteiger partial charge >= 0.3 is 0 Å². The lowest BCUT2D eigenvalue weighted by Gasteiger charge is -2.26. The number of aromatic nitrogens is 1. The van der Waals surface area contributed by atoms with Crippen LogP contribution in [0.4, 0.5) is 5.82 Å². The second-order valence-electron chi connectivity index (χ2n) is 6.47. The SMILES string of the molecule is CN(CCC1CC1)c1ccc(S(=O)(=O)N2CCCCC2)cn1. The Morgan fingerprint density at radius 3 is 2.55 bits per heavy atom. The maximum absolute atomic E-state index is 12.6. The first-order valence-corrected chi connectivity index (χ1v) is 9.69. The molecule has 1 aliphatic carbocycles. The summed E-state index contributed by atoms with van der Waals surface area (Å²) in [5, 5.41) is 0. The highest BCUT2D eigenvalue weighted by Gasteiger charge is 2.26. The van der Waals surface area contributed by atoms with Crippen LogP contribution in [0.3, 0.4) is 0 Å². The van der Waals surface area contributed by atoms with Crippen molar-refractivity contribution < 1.29 is 8.42 Å². The van der Waals surface area contributed by atoms with Crippen LogP contribution in [0.15, 0.2) is 23.2 Å². The summed E-state index contributed by atoms with van der Waals surface area (Å²) in [6.45, 7) is 2.24. The third kappa shape index (κ3) is 3.60. The van der Waals surface area contributed by atoms with Crippen LogP contribution in [-0.4, -0.2) is 44.4 Å². The predicted molar refractivity (Wildman–Crippen MR) is 87.5 cm³/mol. The Bertz CT molecular complexity index is 590. The van der Waals surface area contributed by atoms with Gasteiger partial charge in [0.2, 0.25) is 10.0 Å². The van der Waals surface area contributed by atoms with Crippen molar-refractivity contribution in [2.75, 3.05) is 31.6 Å². The minimum atomic E-state index is -3.37. The lowest BCUT2D eigenvalue weighted by atomic mass is 10.2. The summed E-state index contributed by atoms with van der Waals surface area (Å²) in [7, 11) is -1.35. The number of rotatable bonds is 6. The molecule has 6 heteroatoms. The largest absolute Gasteiger partial charge is 0.360 e. The monoisotopic (exact) mass is 323 g/mol. The quantitative estimate of drug-likeness (QED) is 0.807. The van der Waals surface area contributed by atoms with E-state index in [1.54, 1.807) is 10.4 Å². The number of sulfonamides is 1. The number of anilines is 1. The van der Waals surface area contributed by atoms with E-state index >= 15 is 0 Å². The molecule has 3 rings (SSSR count). The predicted octanol–water partition coefficient (Wildman–Crippen LogP) is 2.49. The fourth-order valence-electron chi connectivity index (χ4n) is 2.90. The van der Waals surface area contributed by atoms with Crippen LogP contribution >= 0.6 is 0 Å². The van der Waals surface area contributed by atoms with Crippen molar-refractivity contribution in [1.82, 2.24) is 9.29 Å². The van der Waals surface area contributed by atoms with E-state index in [4.69, 9.17) is 0 Å². The van der Waals surface area contributed by atoms with Crippen LogP contribution < -0.4 is 4.90 Å². The van der Waals surface area contributed by atoms with E-state index in [9.17, 15) is 8.42 Å².